The Morgan fingerprint density at radius 1 is 1.14 bits per heavy atom. The van der Waals surface area contributed by atoms with Crippen LogP contribution in [-0.4, -0.2) is 28.8 Å². The molecule has 5 heteroatoms. The number of hydrogen-bond donors (Lipinski definition) is 3. The number of nitrogens with one attached hydrogen (secondary N) is 2. The zero-order valence-electron chi connectivity index (χ0n) is 16.3. The maximum absolute atomic E-state index is 10.8. The van der Waals surface area contributed by atoms with Crippen LogP contribution in [0.4, 0.5) is 4.79 Å². The smallest absolute Gasteiger partial charge is 0.449 e. The van der Waals surface area contributed by atoms with Gasteiger partial charge in [-0.25, -0.2) is 4.79 Å². The van der Waals surface area contributed by atoms with E-state index in [2.05, 4.69) is 52.8 Å². The Morgan fingerprint density at radius 3 is 2.83 bits per heavy atom. The SMILES string of the molecule is O=C(O)Oc1ccc2[nH]cc(CCCCC3NCC=CC3c3ccccc3)c2c1. The van der Waals surface area contributed by atoms with Crippen molar-refractivity contribution in [3.05, 3.63) is 78.0 Å². The average Bonchev–Trinajstić information content (AvgIpc) is 3.14. The molecule has 0 bridgehead atoms. The molecule has 3 aromatic rings. The van der Waals surface area contributed by atoms with Gasteiger partial charge in [-0.3, -0.25) is 0 Å². The van der Waals surface area contributed by atoms with Crippen LogP contribution in [0, 0.1) is 0 Å². The predicted octanol–water partition coefficient (Wildman–Crippen LogP) is 5.25. The Morgan fingerprint density at radius 2 is 2.00 bits per heavy atom. The van der Waals surface area contributed by atoms with Crippen molar-refractivity contribution in [2.45, 2.75) is 37.6 Å². The van der Waals surface area contributed by atoms with Crippen molar-refractivity contribution in [2.75, 3.05) is 6.54 Å². The molecule has 0 amide bonds. The number of aromatic nitrogens is 1. The lowest BCUT2D eigenvalue weighted by atomic mass is 9.86. The van der Waals surface area contributed by atoms with Crippen molar-refractivity contribution in [2.24, 2.45) is 0 Å². The number of carbonyl (C=O) groups is 1. The molecule has 2 heterocycles. The Bertz CT molecular complexity index is 994. The second kappa shape index (κ2) is 8.97. The summed E-state index contributed by atoms with van der Waals surface area (Å²) >= 11 is 0. The van der Waals surface area contributed by atoms with Gasteiger partial charge in [0.2, 0.25) is 0 Å². The van der Waals surface area contributed by atoms with Crippen LogP contribution in [0.3, 0.4) is 0 Å². The third kappa shape index (κ3) is 4.69. The Kier molecular flexibility index (Phi) is 5.96. The van der Waals surface area contributed by atoms with Gasteiger partial charge in [0.1, 0.15) is 5.75 Å². The van der Waals surface area contributed by atoms with Gasteiger partial charge in [0.25, 0.3) is 0 Å². The van der Waals surface area contributed by atoms with E-state index in [4.69, 9.17) is 9.84 Å². The van der Waals surface area contributed by atoms with E-state index in [1.807, 2.05) is 12.3 Å². The Balaban J connectivity index is 1.35. The third-order valence-electron chi connectivity index (χ3n) is 5.61. The third-order valence-corrected chi connectivity index (χ3v) is 5.61. The van der Waals surface area contributed by atoms with Crippen LogP contribution in [0.25, 0.3) is 10.9 Å². The molecule has 2 aromatic carbocycles. The van der Waals surface area contributed by atoms with E-state index in [0.29, 0.717) is 17.7 Å². The highest BCUT2D eigenvalue weighted by molar-refractivity contribution is 5.85. The zero-order chi connectivity index (χ0) is 20.1. The van der Waals surface area contributed by atoms with Crippen LogP contribution in [0.5, 0.6) is 5.75 Å². The summed E-state index contributed by atoms with van der Waals surface area (Å²) in [6.45, 7) is 0.933. The quantitative estimate of drug-likeness (QED) is 0.223. The highest BCUT2D eigenvalue weighted by Gasteiger charge is 2.22. The van der Waals surface area contributed by atoms with E-state index in [0.717, 1.165) is 43.1 Å². The maximum Gasteiger partial charge on any atom is 0.511 e. The van der Waals surface area contributed by atoms with Crippen LogP contribution >= 0.6 is 0 Å². The molecule has 0 fully saturated rings. The van der Waals surface area contributed by atoms with E-state index < -0.39 is 6.16 Å². The molecule has 0 aliphatic carbocycles. The first-order valence-corrected chi connectivity index (χ1v) is 10.2. The molecule has 0 saturated carbocycles. The zero-order valence-corrected chi connectivity index (χ0v) is 16.3. The minimum atomic E-state index is -1.29. The number of unbranched alkanes of at least 4 members (excludes halogenated alkanes) is 1. The molecule has 3 N–H and O–H groups in total. The number of carboxylic acid groups (broad SMARTS) is 1. The Hall–Kier alpha value is -3.05. The lowest BCUT2D eigenvalue weighted by molar-refractivity contribution is 0.144. The van der Waals surface area contributed by atoms with E-state index in [9.17, 15) is 4.79 Å². The van der Waals surface area contributed by atoms with E-state index in [-0.39, 0.29) is 0 Å². The molecule has 2 unspecified atom stereocenters. The predicted molar refractivity (Wildman–Crippen MR) is 115 cm³/mol. The summed E-state index contributed by atoms with van der Waals surface area (Å²) in [6.07, 6.45) is 9.58. The molecule has 5 nitrogen and oxygen atoms in total. The molecule has 150 valence electrons. The van der Waals surface area contributed by atoms with Gasteiger partial charge in [-0.2, -0.15) is 0 Å². The molecular formula is C24H26N2O3. The number of aryl methyl sites for hydroxylation is 1. The Labute approximate surface area is 170 Å². The first-order valence-electron chi connectivity index (χ1n) is 10.2. The van der Waals surface area contributed by atoms with Gasteiger partial charge >= 0.3 is 6.16 Å². The first-order chi connectivity index (χ1) is 14.2. The summed E-state index contributed by atoms with van der Waals surface area (Å²) in [6, 6.07) is 16.5. The molecular weight excluding hydrogens is 364 g/mol. The number of hydrogen-bond acceptors (Lipinski definition) is 3. The van der Waals surface area contributed by atoms with Gasteiger partial charge in [0.15, 0.2) is 0 Å². The molecule has 1 aromatic heterocycles. The molecule has 1 aliphatic rings. The number of fused-ring (bicyclic) bond motifs is 1. The summed E-state index contributed by atoms with van der Waals surface area (Å²) in [5.74, 6) is 0.781. The first kappa shape index (κ1) is 19.3. The van der Waals surface area contributed by atoms with E-state index in [1.165, 1.54) is 11.1 Å². The molecule has 0 spiro atoms. The van der Waals surface area contributed by atoms with Crippen LogP contribution in [0.1, 0.15) is 36.3 Å². The fraction of sp³-hybridized carbons (Fsp3) is 0.292. The summed E-state index contributed by atoms with van der Waals surface area (Å²) in [5.41, 5.74) is 3.57. The van der Waals surface area contributed by atoms with Crippen molar-refractivity contribution in [1.29, 1.82) is 0 Å². The van der Waals surface area contributed by atoms with Crippen molar-refractivity contribution in [1.82, 2.24) is 10.3 Å². The van der Waals surface area contributed by atoms with Gasteiger partial charge in [-0.05, 0) is 48.6 Å². The largest absolute Gasteiger partial charge is 0.511 e. The minimum absolute atomic E-state index is 0.356. The highest BCUT2D eigenvalue weighted by atomic mass is 16.7. The number of benzene rings is 2. The van der Waals surface area contributed by atoms with Gasteiger partial charge in [-0.1, -0.05) is 48.9 Å². The van der Waals surface area contributed by atoms with E-state index >= 15 is 0 Å². The maximum atomic E-state index is 10.8. The number of rotatable bonds is 7. The van der Waals surface area contributed by atoms with Crippen LogP contribution in [0.15, 0.2) is 66.9 Å². The van der Waals surface area contributed by atoms with Crippen molar-refractivity contribution >= 4 is 17.1 Å². The topological polar surface area (TPSA) is 74.3 Å². The lowest BCUT2D eigenvalue weighted by Crippen LogP contribution is -2.37. The fourth-order valence-corrected chi connectivity index (χ4v) is 4.20. The number of aromatic amines is 1. The molecule has 0 saturated heterocycles. The summed E-state index contributed by atoms with van der Waals surface area (Å²) in [4.78, 5) is 14.0. The van der Waals surface area contributed by atoms with Crippen LogP contribution in [0.2, 0.25) is 0 Å². The highest BCUT2D eigenvalue weighted by Crippen LogP contribution is 2.28. The molecule has 4 rings (SSSR count). The van der Waals surface area contributed by atoms with E-state index in [1.54, 1.807) is 12.1 Å². The second-order valence-corrected chi connectivity index (χ2v) is 7.51. The monoisotopic (exact) mass is 390 g/mol. The second-order valence-electron chi connectivity index (χ2n) is 7.51. The van der Waals surface area contributed by atoms with Gasteiger partial charge in [0.05, 0.1) is 0 Å². The number of ether oxygens (including phenoxy) is 1. The van der Waals surface area contributed by atoms with Gasteiger partial charge in [0, 0.05) is 35.6 Å². The van der Waals surface area contributed by atoms with Crippen molar-refractivity contribution in [3.63, 3.8) is 0 Å². The number of H-pyrrole nitrogens is 1. The van der Waals surface area contributed by atoms with Crippen molar-refractivity contribution in [3.8, 4) is 5.75 Å². The standard InChI is InChI=1S/C24H26N2O3/c27-24(28)29-19-12-13-23-21(15-19)18(16-26-23)9-4-5-11-22-20(10-6-14-25-22)17-7-2-1-3-8-17/h1-3,6-8,10,12-13,15-16,20,22,25-26H,4-5,9,11,14H2,(H,27,28). The lowest BCUT2D eigenvalue weighted by Gasteiger charge is -2.29. The van der Waals surface area contributed by atoms with Crippen molar-refractivity contribution < 1.29 is 14.6 Å². The molecule has 0 radical (unpaired) electrons. The average molecular weight is 390 g/mol. The summed E-state index contributed by atoms with van der Waals surface area (Å²) in [7, 11) is 0. The summed E-state index contributed by atoms with van der Waals surface area (Å²) in [5, 5.41) is 13.5. The fourth-order valence-electron chi connectivity index (χ4n) is 4.20. The molecule has 2 atom stereocenters. The summed E-state index contributed by atoms with van der Waals surface area (Å²) < 4.78 is 4.79. The van der Waals surface area contributed by atoms with Crippen LogP contribution in [-0.2, 0) is 6.42 Å². The molecule has 1 aliphatic heterocycles. The van der Waals surface area contributed by atoms with Gasteiger partial charge < -0.3 is 20.1 Å². The van der Waals surface area contributed by atoms with Crippen LogP contribution < -0.4 is 10.1 Å². The molecule has 29 heavy (non-hydrogen) atoms. The van der Waals surface area contributed by atoms with Gasteiger partial charge in [-0.15, -0.1) is 0 Å². The normalized spacial score (nSPS) is 18.8. The minimum Gasteiger partial charge on any atom is -0.449 e.